The van der Waals surface area contributed by atoms with Crippen molar-refractivity contribution < 1.29 is 27.8 Å². The van der Waals surface area contributed by atoms with E-state index < -0.39 is 23.8 Å². The number of imidazole rings is 1. The second-order valence-corrected chi connectivity index (χ2v) is 8.99. The molecular formula is C26H18F3N3O3S. The first kappa shape index (κ1) is 23.6. The Morgan fingerprint density at radius 1 is 1.06 bits per heavy atom. The Bertz CT molecular complexity index is 1560. The molecule has 0 fully saturated rings. The number of aromatic carboxylic acids is 1. The molecule has 3 aromatic heterocycles. The number of nitrogens with zero attached hydrogens (tertiary/aromatic N) is 3. The molecule has 10 heteroatoms. The summed E-state index contributed by atoms with van der Waals surface area (Å²) in [5.74, 6) is -1.25. The average molecular weight is 510 g/mol. The zero-order chi connectivity index (χ0) is 25.4. The van der Waals surface area contributed by atoms with Crippen LogP contribution in [0.1, 0.15) is 33.8 Å². The lowest BCUT2D eigenvalue weighted by molar-refractivity contribution is -0.139. The first-order chi connectivity index (χ1) is 17.2. The standard InChI is InChI=1S/C26H18F3N3O3S/c1-15(17-6-2-3-7-18(17)26(27,28)29)35-22-13-23(36-24(22)25(33)34)32-14-31-20-12-16(9-10-21(20)32)19-8-4-5-11-30-19/h2-15H,1H3,(H,33,34)/t15-/m1/s1. The summed E-state index contributed by atoms with van der Waals surface area (Å²) in [6.45, 7) is 1.46. The smallest absolute Gasteiger partial charge is 0.416 e. The highest BCUT2D eigenvalue weighted by molar-refractivity contribution is 7.16. The zero-order valence-corrected chi connectivity index (χ0v) is 19.5. The Kier molecular flexibility index (Phi) is 5.97. The molecule has 0 aliphatic heterocycles. The summed E-state index contributed by atoms with van der Waals surface area (Å²) < 4.78 is 47.9. The number of fused-ring (bicyclic) bond motifs is 1. The molecule has 3 heterocycles. The van der Waals surface area contributed by atoms with Gasteiger partial charge in [-0.25, -0.2) is 9.78 Å². The van der Waals surface area contributed by atoms with E-state index in [2.05, 4.69) is 9.97 Å². The Balaban J connectivity index is 1.50. The van der Waals surface area contributed by atoms with E-state index in [0.717, 1.165) is 34.2 Å². The van der Waals surface area contributed by atoms with Gasteiger partial charge in [-0.05, 0) is 37.3 Å². The van der Waals surface area contributed by atoms with Crippen LogP contribution in [0.25, 0.3) is 27.3 Å². The Morgan fingerprint density at radius 3 is 2.56 bits per heavy atom. The van der Waals surface area contributed by atoms with Crippen molar-refractivity contribution >= 4 is 28.3 Å². The van der Waals surface area contributed by atoms with Gasteiger partial charge in [0.1, 0.15) is 23.2 Å². The van der Waals surface area contributed by atoms with Crippen LogP contribution in [0, 0.1) is 0 Å². The number of pyridine rings is 1. The summed E-state index contributed by atoms with van der Waals surface area (Å²) in [6.07, 6.45) is -2.33. The molecule has 0 saturated carbocycles. The second kappa shape index (κ2) is 9.12. The quantitative estimate of drug-likeness (QED) is 0.267. The van der Waals surface area contributed by atoms with Crippen LogP contribution >= 0.6 is 11.3 Å². The highest BCUT2D eigenvalue weighted by Crippen LogP contribution is 2.39. The molecule has 5 aromatic rings. The lowest BCUT2D eigenvalue weighted by atomic mass is 10.0. The summed E-state index contributed by atoms with van der Waals surface area (Å²) in [5.41, 5.74) is 2.18. The van der Waals surface area contributed by atoms with Crippen LogP contribution in [0.4, 0.5) is 13.2 Å². The highest BCUT2D eigenvalue weighted by atomic mass is 32.1. The lowest BCUT2D eigenvalue weighted by Gasteiger charge is -2.19. The average Bonchev–Trinajstić information content (AvgIpc) is 3.47. The molecule has 182 valence electrons. The van der Waals surface area contributed by atoms with Crippen LogP contribution < -0.4 is 4.74 Å². The largest absolute Gasteiger partial charge is 0.484 e. The zero-order valence-electron chi connectivity index (χ0n) is 18.7. The number of carbonyl (C=O) groups is 1. The van der Waals surface area contributed by atoms with E-state index >= 15 is 0 Å². The molecule has 2 aromatic carbocycles. The molecule has 0 radical (unpaired) electrons. The van der Waals surface area contributed by atoms with Gasteiger partial charge in [-0.3, -0.25) is 9.55 Å². The number of carboxylic acids is 1. The summed E-state index contributed by atoms with van der Waals surface area (Å²) in [6, 6.07) is 17.8. The van der Waals surface area contributed by atoms with Crippen molar-refractivity contribution in [3.05, 3.63) is 95.3 Å². The summed E-state index contributed by atoms with van der Waals surface area (Å²) in [7, 11) is 0. The first-order valence-electron chi connectivity index (χ1n) is 10.8. The highest BCUT2D eigenvalue weighted by Gasteiger charge is 2.35. The van der Waals surface area contributed by atoms with Crippen molar-refractivity contribution in [2.24, 2.45) is 0 Å². The Hall–Kier alpha value is -4.18. The van der Waals surface area contributed by atoms with Gasteiger partial charge >= 0.3 is 12.1 Å². The number of rotatable bonds is 6. The van der Waals surface area contributed by atoms with E-state index in [1.54, 1.807) is 17.1 Å². The van der Waals surface area contributed by atoms with Crippen molar-refractivity contribution in [2.45, 2.75) is 19.2 Å². The van der Waals surface area contributed by atoms with Crippen LogP contribution in [0.15, 0.2) is 79.3 Å². The number of carboxylic acid groups (broad SMARTS) is 1. The fourth-order valence-corrected chi connectivity index (χ4v) is 4.88. The van der Waals surface area contributed by atoms with E-state index in [9.17, 15) is 23.1 Å². The van der Waals surface area contributed by atoms with Crippen molar-refractivity contribution in [3.63, 3.8) is 0 Å². The minimum Gasteiger partial charge on any atom is -0.484 e. The van der Waals surface area contributed by atoms with E-state index in [0.29, 0.717) is 10.5 Å². The molecule has 0 bridgehead atoms. The summed E-state index contributed by atoms with van der Waals surface area (Å²) in [4.78, 5) is 20.6. The van der Waals surface area contributed by atoms with Crippen molar-refractivity contribution in [1.82, 2.24) is 14.5 Å². The minimum atomic E-state index is -4.56. The van der Waals surface area contributed by atoms with Gasteiger partial charge in [-0.1, -0.05) is 30.3 Å². The monoisotopic (exact) mass is 509 g/mol. The number of hydrogen-bond donors (Lipinski definition) is 1. The van der Waals surface area contributed by atoms with E-state index in [1.807, 2.05) is 36.4 Å². The topological polar surface area (TPSA) is 77.2 Å². The minimum absolute atomic E-state index is 0.0149. The normalized spacial score (nSPS) is 12.6. The number of ether oxygens (including phenoxy) is 1. The fraction of sp³-hybridized carbons (Fsp3) is 0.115. The predicted octanol–water partition coefficient (Wildman–Crippen LogP) is 7.01. The molecule has 0 unspecified atom stereocenters. The van der Waals surface area contributed by atoms with Gasteiger partial charge < -0.3 is 9.84 Å². The third kappa shape index (κ3) is 4.42. The number of alkyl halides is 3. The molecular weight excluding hydrogens is 491 g/mol. The molecule has 0 aliphatic carbocycles. The van der Waals surface area contributed by atoms with Gasteiger partial charge in [0.25, 0.3) is 0 Å². The van der Waals surface area contributed by atoms with Gasteiger partial charge in [0.05, 0.1) is 22.3 Å². The van der Waals surface area contributed by atoms with Crippen molar-refractivity contribution in [1.29, 1.82) is 0 Å². The number of aromatic nitrogens is 3. The first-order valence-corrected chi connectivity index (χ1v) is 11.6. The fourth-order valence-electron chi connectivity index (χ4n) is 3.96. The number of thiophene rings is 1. The van der Waals surface area contributed by atoms with E-state index in [-0.39, 0.29) is 16.2 Å². The van der Waals surface area contributed by atoms with Gasteiger partial charge in [-0.2, -0.15) is 13.2 Å². The molecule has 0 spiro atoms. The van der Waals surface area contributed by atoms with Crippen LogP contribution in [-0.4, -0.2) is 25.6 Å². The lowest BCUT2D eigenvalue weighted by Crippen LogP contribution is -2.14. The third-order valence-electron chi connectivity index (χ3n) is 5.63. The van der Waals surface area contributed by atoms with Gasteiger partial charge in [0.15, 0.2) is 4.88 Å². The van der Waals surface area contributed by atoms with Crippen LogP contribution in [0.2, 0.25) is 0 Å². The third-order valence-corrected chi connectivity index (χ3v) is 6.74. The van der Waals surface area contributed by atoms with Gasteiger partial charge in [0.2, 0.25) is 0 Å². The van der Waals surface area contributed by atoms with Crippen LogP contribution in [-0.2, 0) is 6.18 Å². The van der Waals surface area contributed by atoms with Crippen LogP contribution in [0.3, 0.4) is 0 Å². The van der Waals surface area contributed by atoms with Gasteiger partial charge in [-0.15, -0.1) is 11.3 Å². The molecule has 0 amide bonds. The summed E-state index contributed by atoms with van der Waals surface area (Å²) in [5, 5.41) is 10.2. The molecule has 0 saturated heterocycles. The maximum Gasteiger partial charge on any atom is 0.416 e. The van der Waals surface area contributed by atoms with Gasteiger partial charge in [0, 0.05) is 23.4 Å². The maximum atomic E-state index is 13.5. The van der Waals surface area contributed by atoms with E-state index in [1.165, 1.54) is 31.2 Å². The second-order valence-electron chi connectivity index (χ2n) is 7.96. The molecule has 36 heavy (non-hydrogen) atoms. The molecule has 0 aliphatic rings. The SMILES string of the molecule is C[C@@H](Oc1cc(-n2cnc3cc(-c4ccccn4)ccc32)sc1C(=O)O)c1ccccc1C(F)(F)F. The molecule has 1 N–H and O–H groups in total. The molecule has 1 atom stereocenters. The Labute approximate surface area is 207 Å². The predicted molar refractivity (Wildman–Crippen MR) is 130 cm³/mol. The maximum absolute atomic E-state index is 13.5. The number of halogens is 3. The number of hydrogen-bond acceptors (Lipinski definition) is 5. The number of benzene rings is 2. The van der Waals surface area contributed by atoms with Crippen molar-refractivity contribution in [3.8, 4) is 22.0 Å². The Morgan fingerprint density at radius 2 is 1.83 bits per heavy atom. The summed E-state index contributed by atoms with van der Waals surface area (Å²) >= 11 is 0.952. The van der Waals surface area contributed by atoms with E-state index in [4.69, 9.17) is 4.74 Å². The molecule has 5 rings (SSSR count). The van der Waals surface area contributed by atoms with Crippen LogP contribution in [0.5, 0.6) is 5.75 Å². The van der Waals surface area contributed by atoms with Crippen molar-refractivity contribution in [2.75, 3.05) is 0 Å². The molecule has 6 nitrogen and oxygen atoms in total.